The number of likely N-dealkylation sites (tertiary alicyclic amines) is 1. The third-order valence-electron chi connectivity index (χ3n) is 4.69. The molecule has 1 N–H and O–H groups in total. The van der Waals surface area contributed by atoms with Gasteiger partial charge in [0.05, 0.1) is 6.04 Å². The fourth-order valence-corrected chi connectivity index (χ4v) is 3.31. The Morgan fingerprint density at radius 3 is 2.19 bits per heavy atom. The SMILES string of the molecule is O=C(NC(c1ccccc1)c1ccccc1)N1CC(Cn2cncn2)C1. The number of carbonyl (C=O) groups excluding carboxylic acids is 1. The zero-order valence-corrected chi connectivity index (χ0v) is 14.4. The summed E-state index contributed by atoms with van der Waals surface area (Å²) in [7, 11) is 0. The van der Waals surface area contributed by atoms with E-state index in [9.17, 15) is 4.79 Å². The summed E-state index contributed by atoms with van der Waals surface area (Å²) in [5.74, 6) is 0.425. The predicted octanol–water partition coefficient (Wildman–Crippen LogP) is 2.71. The van der Waals surface area contributed by atoms with E-state index < -0.39 is 0 Å². The minimum Gasteiger partial charge on any atom is -0.327 e. The minimum absolute atomic E-state index is 0.0300. The first-order valence-electron chi connectivity index (χ1n) is 8.77. The van der Waals surface area contributed by atoms with Gasteiger partial charge in [0.25, 0.3) is 0 Å². The highest BCUT2D eigenvalue weighted by molar-refractivity contribution is 5.76. The van der Waals surface area contributed by atoms with Crippen molar-refractivity contribution in [3.63, 3.8) is 0 Å². The topological polar surface area (TPSA) is 63.1 Å². The molecule has 6 heteroatoms. The first-order chi connectivity index (χ1) is 12.8. The number of urea groups is 1. The average Bonchev–Trinajstić information content (AvgIpc) is 3.17. The number of amides is 2. The van der Waals surface area contributed by atoms with E-state index in [0.29, 0.717) is 5.92 Å². The van der Waals surface area contributed by atoms with Crippen molar-refractivity contribution in [3.8, 4) is 0 Å². The highest BCUT2D eigenvalue weighted by atomic mass is 16.2. The Morgan fingerprint density at radius 2 is 1.65 bits per heavy atom. The second-order valence-corrected chi connectivity index (χ2v) is 6.59. The predicted molar refractivity (Wildman–Crippen MR) is 98.3 cm³/mol. The zero-order valence-electron chi connectivity index (χ0n) is 14.4. The lowest BCUT2D eigenvalue weighted by Crippen LogP contribution is -2.55. The summed E-state index contributed by atoms with van der Waals surface area (Å²) in [6, 6.07) is 19.9. The van der Waals surface area contributed by atoms with Crippen LogP contribution in [0.25, 0.3) is 0 Å². The molecule has 0 radical (unpaired) electrons. The molecule has 1 saturated heterocycles. The largest absolute Gasteiger partial charge is 0.327 e. The maximum Gasteiger partial charge on any atom is 0.318 e. The lowest BCUT2D eigenvalue weighted by atomic mass is 9.98. The number of nitrogens with one attached hydrogen (secondary N) is 1. The van der Waals surface area contributed by atoms with E-state index in [1.165, 1.54) is 6.33 Å². The third-order valence-corrected chi connectivity index (χ3v) is 4.69. The first kappa shape index (κ1) is 16.3. The van der Waals surface area contributed by atoms with Crippen LogP contribution in [0.15, 0.2) is 73.3 Å². The van der Waals surface area contributed by atoms with Crippen LogP contribution in [0.1, 0.15) is 17.2 Å². The molecular formula is C20H21N5O. The second-order valence-electron chi connectivity index (χ2n) is 6.59. The number of carbonyl (C=O) groups is 1. The monoisotopic (exact) mass is 347 g/mol. The highest BCUT2D eigenvalue weighted by Gasteiger charge is 2.32. The molecule has 0 atom stereocenters. The van der Waals surface area contributed by atoms with Crippen LogP contribution in [0.2, 0.25) is 0 Å². The minimum atomic E-state index is -0.153. The van der Waals surface area contributed by atoms with Crippen LogP contribution >= 0.6 is 0 Å². The van der Waals surface area contributed by atoms with Crippen molar-refractivity contribution in [2.75, 3.05) is 13.1 Å². The second kappa shape index (κ2) is 7.39. The molecule has 6 nitrogen and oxygen atoms in total. The van der Waals surface area contributed by atoms with E-state index in [4.69, 9.17) is 0 Å². The third kappa shape index (κ3) is 3.59. The summed E-state index contributed by atoms with van der Waals surface area (Å²) < 4.78 is 1.82. The lowest BCUT2D eigenvalue weighted by molar-refractivity contribution is 0.107. The smallest absolute Gasteiger partial charge is 0.318 e. The first-order valence-corrected chi connectivity index (χ1v) is 8.77. The van der Waals surface area contributed by atoms with Crippen molar-refractivity contribution in [1.82, 2.24) is 25.0 Å². The van der Waals surface area contributed by atoms with Crippen LogP contribution < -0.4 is 5.32 Å². The Hall–Kier alpha value is -3.15. The number of hydrogen-bond acceptors (Lipinski definition) is 3. The van der Waals surface area contributed by atoms with Gasteiger partial charge in [-0.3, -0.25) is 4.68 Å². The quantitative estimate of drug-likeness (QED) is 0.772. The summed E-state index contributed by atoms with van der Waals surface area (Å²) in [5, 5.41) is 7.31. The Morgan fingerprint density at radius 1 is 1.04 bits per heavy atom. The van der Waals surface area contributed by atoms with Gasteiger partial charge < -0.3 is 10.2 Å². The van der Waals surface area contributed by atoms with Gasteiger partial charge in [0, 0.05) is 25.6 Å². The molecule has 0 unspecified atom stereocenters. The van der Waals surface area contributed by atoms with E-state index in [1.807, 2.05) is 70.2 Å². The molecule has 0 spiro atoms. The van der Waals surface area contributed by atoms with Gasteiger partial charge >= 0.3 is 6.03 Å². The molecule has 1 aromatic heterocycles. The van der Waals surface area contributed by atoms with Crippen LogP contribution in [0.3, 0.4) is 0 Å². The molecule has 4 rings (SSSR count). The molecule has 2 amide bonds. The van der Waals surface area contributed by atoms with Crippen LogP contribution in [0.5, 0.6) is 0 Å². The number of nitrogens with zero attached hydrogens (tertiary/aromatic N) is 4. The maximum atomic E-state index is 12.7. The van der Waals surface area contributed by atoms with E-state index in [-0.39, 0.29) is 12.1 Å². The lowest BCUT2D eigenvalue weighted by Gasteiger charge is -2.39. The van der Waals surface area contributed by atoms with Crippen LogP contribution in [0, 0.1) is 5.92 Å². The normalized spacial score (nSPS) is 14.3. The Bertz CT molecular complexity index is 790. The molecular weight excluding hydrogens is 326 g/mol. The van der Waals surface area contributed by atoms with Gasteiger partial charge in [0.2, 0.25) is 0 Å². The number of benzene rings is 2. The van der Waals surface area contributed by atoms with Crippen LogP contribution in [0.4, 0.5) is 4.79 Å². The van der Waals surface area contributed by atoms with Gasteiger partial charge in [-0.15, -0.1) is 0 Å². The molecule has 0 aliphatic carbocycles. The maximum absolute atomic E-state index is 12.7. The molecule has 1 aliphatic heterocycles. The Labute approximate surface area is 152 Å². The molecule has 2 heterocycles. The standard InChI is InChI=1S/C20H21N5O/c26-20(24-11-16(12-24)13-25-15-21-14-22-25)23-19(17-7-3-1-4-8-17)18-9-5-2-6-10-18/h1-10,14-16,19H,11-13H2,(H,23,26). The summed E-state index contributed by atoms with van der Waals surface area (Å²) in [5.41, 5.74) is 2.15. The van der Waals surface area contributed by atoms with Gasteiger partial charge in [-0.25, -0.2) is 9.78 Å². The summed E-state index contributed by atoms with van der Waals surface area (Å²) >= 11 is 0. The summed E-state index contributed by atoms with van der Waals surface area (Å²) in [6.45, 7) is 2.27. The van der Waals surface area contributed by atoms with E-state index >= 15 is 0 Å². The molecule has 3 aromatic rings. The molecule has 0 bridgehead atoms. The molecule has 1 aliphatic rings. The number of aromatic nitrogens is 3. The van der Waals surface area contributed by atoms with Crippen molar-refractivity contribution in [2.45, 2.75) is 12.6 Å². The van der Waals surface area contributed by atoms with E-state index in [1.54, 1.807) is 6.33 Å². The van der Waals surface area contributed by atoms with Crippen molar-refractivity contribution >= 4 is 6.03 Å². The van der Waals surface area contributed by atoms with Crippen molar-refractivity contribution in [2.24, 2.45) is 5.92 Å². The molecule has 2 aromatic carbocycles. The van der Waals surface area contributed by atoms with Crippen molar-refractivity contribution < 1.29 is 4.79 Å². The highest BCUT2D eigenvalue weighted by Crippen LogP contribution is 2.24. The average molecular weight is 347 g/mol. The number of hydrogen-bond donors (Lipinski definition) is 1. The molecule has 0 saturated carbocycles. The van der Waals surface area contributed by atoms with Crippen LogP contribution in [-0.4, -0.2) is 38.8 Å². The van der Waals surface area contributed by atoms with Gasteiger partial charge in [0.15, 0.2) is 0 Å². The molecule has 132 valence electrons. The number of rotatable bonds is 5. The van der Waals surface area contributed by atoms with Crippen LogP contribution in [-0.2, 0) is 6.54 Å². The van der Waals surface area contributed by atoms with Gasteiger partial charge in [-0.2, -0.15) is 5.10 Å². The Kier molecular flexibility index (Phi) is 4.64. The fraction of sp³-hybridized carbons (Fsp3) is 0.250. The zero-order chi connectivity index (χ0) is 17.8. The van der Waals surface area contributed by atoms with Gasteiger partial charge in [0.1, 0.15) is 12.7 Å². The van der Waals surface area contributed by atoms with Crippen molar-refractivity contribution in [3.05, 3.63) is 84.4 Å². The van der Waals surface area contributed by atoms with E-state index in [2.05, 4.69) is 15.4 Å². The van der Waals surface area contributed by atoms with Crippen molar-refractivity contribution in [1.29, 1.82) is 0 Å². The van der Waals surface area contributed by atoms with Gasteiger partial charge in [-0.05, 0) is 11.1 Å². The molecule has 1 fully saturated rings. The van der Waals surface area contributed by atoms with E-state index in [0.717, 1.165) is 30.8 Å². The fourth-order valence-electron chi connectivity index (χ4n) is 3.31. The Balaban J connectivity index is 1.41. The summed E-state index contributed by atoms with van der Waals surface area (Å²) in [6.07, 6.45) is 3.25. The molecule has 26 heavy (non-hydrogen) atoms. The summed E-state index contributed by atoms with van der Waals surface area (Å²) in [4.78, 5) is 18.5. The van der Waals surface area contributed by atoms with Gasteiger partial charge in [-0.1, -0.05) is 60.7 Å².